The fraction of sp³-hybridized carbons (Fsp3) is 0.143. The van der Waals surface area contributed by atoms with E-state index in [4.69, 9.17) is 23.2 Å². The summed E-state index contributed by atoms with van der Waals surface area (Å²) in [5, 5.41) is 0.373. The molecule has 0 aliphatic rings. The molecule has 0 amide bonds. The Bertz CT molecular complexity index is 784. The summed E-state index contributed by atoms with van der Waals surface area (Å²) >= 11 is 11.7. The SMILES string of the molecule is Cc1cc(S(=O)(=O)Nc2ccc(F)c(Cl)c2)cc(C)c1Cl. The van der Waals surface area contributed by atoms with Gasteiger partial charge in [-0.25, -0.2) is 12.8 Å². The van der Waals surface area contributed by atoms with Crippen LogP contribution < -0.4 is 4.72 Å². The van der Waals surface area contributed by atoms with E-state index in [0.29, 0.717) is 16.1 Å². The van der Waals surface area contributed by atoms with Crippen LogP contribution in [0.3, 0.4) is 0 Å². The number of anilines is 1. The molecule has 0 atom stereocenters. The van der Waals surface area contributed by atoms with E-state index < -0.39 is 15.8 Å². The highest BCUT2D eigenvalue weighted by molar-refractivity contribution is 7.92. The van der Waals surface area contributed by atoms with Crippen molar-refractivity contribution in [2.75, 3.05) is 4.72 Å². The first-order valence-electron chi connectivity index (χ1n) is 5.95. The first kappa shape index (κ1) is 16.1. The zero-order chi connectivity index (χ0) is 15.8. The van der Waals surface area contributed by atoms with Crippen molar-refractivity contribution in [2.24, 2.45) is 0 Å². The highest BCUT2D eigenvalue weighted by Gasteiger charge is 2.17. The predicted molar refractivity (Wildman–Crippen MR) is 83.1 cm³/mol. The molecule has 0 aliphatic heterocycles. The Balaban J connectivity index is 2.40. The van der Waals surface area contributed by atoms with Crippen molar-refractivity contribution in [1.82, 2.24) is 0 Å². The number of aryl methyl sites for hydroxylation is 2. The summed E-state index contributed by atoms with van der Waals surface area (Å²) in [7, 11) is -3.79. The number of hydrogen-bond acceptors (Lipinski definition) is 2. The van der Waals surface area contributed by atoms with Crippen LogP contribution in [0.15, 0.2) is 35.2 Å². The Hall–Kier alpha value is -1.30. The van der Waals surface area contributed by atoms with Crippen molar-refractivity contribution in [3.8, 4) is 0 Å². The summed E-state index contributed by atoms with van der Waals surface area (Å²) in [6, 6.07) is 6.56. The maximum atomic E-state index is 13.1. The average molecular weight is 348 g/mol. The average Bonchev–Trinajstić information content (AvgIpc) is 2.39. The molecule has 21 heavy (non-hydrogen) atoms. The zero-order valence-corrected chi connectivity index (χ0v) is 13.6. The van der Waals surface area contributed by atoms with Crippen LogP contribution in [0.25, 0.3) is 0 Å². The molecule has 7 heteroatoms. The molecule has 2 aromatic carbocycles. The lowest BCUT2D eigenvalue weighted by atomic mass is 10.2. The van der Waals surface area contributed by atoms with E-state index in [-0.39, 0.29) is 15.6 Å². The van der Waals surface area contributed by atoms with Gasteiger partial charge in [0.2, 0.25) is 0 Å². The standard InChI is InChI=1S/C14H12Cl2FNO2S/c1-8-5-11(6-9(2)14(8)16)21(19,20)18-10-3-4-13(17)12(15)7-10/h3-7,18H,1-2H3. The highest BCUT2D eigenvalue weighted by atomic mass is 35.5. The maximum absolute atomic E-state index is 13.1. The second-order valence-corrected chi connectivity index (χ2v) is 7.07. The maximum Gasteiger partial charge on any atom is 0.261 e. The van der Waals surface area contributed by atoms with E-state index in [1.807, 2.05) is 0 Å². The van der Waals surface area contributed by atoms with Gasteiger partial charge in [0.15, 0.2) is 0 Å². The first-order chi connectivity index (χ1) is 9.70. The number of nitrogens with one attached hydrogen (secondary N) is 1. The fourth-order valence-corrected chi connectivity index (χ4v) is 3.34. The minimum absolute atomic E-state index is 0.0855. The van der Waals surface area contributed by atoms with Crippen molar-refractivity contribution in [3.05, 3.63) is 57.3 Å². The molecule has 0 heterocycles. The van der Waals surface area contributed by atoms with Crippen LogP contribution in [0.5, 0.6) is 0 Å². The monoisotopic (exact) mass is 347 g/mol. The van der Waals surface area contributed by atoms with Crippen LogP contribution >= 0.6 is 23.2 Å². The van der Waals surface area contributed by atoms with Crippen molar-refractivity contribution >= 4 is 38.9 Å². The molecule has 3 nitrogen and oxygen atoms in total. The van der Waals surface area contributed by atoms with Crippen LogP contribution in [0.2, 0.25) is 10.0 Å². The van der Waals surface area contributed by atoms with E-state index in [9.17, 15) is 12.8 Å². The quantitative estimate of drug-likeness (QED) is 0.885. The number of halogens is 3. The molecule has 0 aliphatic carbocycles. The van der Waals surface area contributed by atoms with Gasteiger partial charge in [-0.15, -0.1) is 0 Å². The van der Waals surface area contributed by atoms with Crippen LogP contribution in [-0.4, -0.2) is 8.42 Å². The summed E-state index contributed by atoms with van der Waals surface area (Å²) in [5.74, 6) is -0.613. The van der Waals surface area contributed by atoms with Crippen molar-refractivity contribution in [1.29, 1.82) is 0 Å². The molecule has 0 saturated carbocycles. The number of benzene rings is 2. The predicted octanol–water partition coefficient (Wildman–Crippen LogP) is 4.55. The molecule has 0 saturated heterocycles. The second kappa shape index (κ2) is 5.83. The molecule has 0 unspecified atom stereocenters. The smallest absolute Gasteiger partial charge is 0.261 e. The summed E-state index contributed by atoms with van der Waals surface area (Å²) in [6.45, 7) is 3.45. The molecule has 2 rings (SSSR count). The Morgan fingerprint density at radius 2 is 1.62 bits per heavy atom. The molecular formula is C14H12Cl2FNO2S. The Labute approximate surface area is 132 Å². The van der Waals surface area contributed by atoms with E-state index in [1.165, 1.54) is 24.3 Å². The number of sulfonamides is 1. The molecule has 112 valence electrons. The van der Waals surface area contributed by atoms with E-state index in [2.05, 4.69) is 4.72 Å². The summed E-state index contributed by atoms with van der Waals surface area (Å²) < 4.78 is 40.1. The molecule has 2 aromatic rings. The third-order valence-corrected chi connectivity index (χ3v) is 5.14. The largest absolute Gasteiger partial charge is 0.280 e. The minimum atomic E-state index is -3.79. The topological polar surface area (TPSA) is 46.2 Å². The van der Waals surface area contributed by atoms with Crippen LogP contribution in [0.4, 0.5) is 10.1 Å². The minimum Gasteiger partial charge on any atom is -0.280 e. The van der Waals surface area contributed by atoms with E-state index >= 15 is 0 Å². The van der Waals surface area contributed by atoms with Gasteiger partial charge in [0.05, 0.1) is 15.6 Å². The van der Waals surface area contributed by atoms with Gasteiger partial charge in [0.25, 0.3) is 10.0 Å². The summed E-state index contributed by atoms with van der Waals surface area (Å²) in [4.78, 5) is 0.0855. The fourth-order valence-electron chi connectivity index (χ4n) is 1.84. The Kier molecular flexibility index (Phi) is 4.46. The van der Waals surface area contributed by atoms with Gasteiger partial charge in [-0.2, -0.15) is 0 Å². The molecule has 0 aromatic heterocycles. The van der Waals surface area contributed by atoms with Gasteiger partial charge in [0, 0.05) is 5.02 Å². The lowest BCUT2D eigenvalue weighted by Crippen LogP contribution is -2.13. The molecule has 1 N–H and O–H groups in total. The molecule has 0 fully saturated rings. The van der Waals surface area contributed by atoms with E-state index in [1.54, 1.807) is 13.8 Å². The van der Waals surface area contributed by atoms with Crippen molar-refractivity contribution in [2.45, 2.75) is 18.7 Å². The Morgan fingerprint density at radius 1 is 1.05 bits per heavy atom. The lowest BCUT2D eigenvalue weighted by molar-refractivity contribution is 0.601. The van der Waals surface area contributed by atoms with Gasteiger partial charge >= 0.3 is 0 Å². The summed E-state index contributed by atoms with van der Waals surface area (Å²) in [6.07, 6.45) is 0. The normalized spacial score (nSPS) is 11.5. The van der Waals surface area contributed by atoms with Crippen LogP contribution in [0, 0.1) is 19.7 Å². The molecule has 0 bridgehead atoms. The van der Waals surface area contributed by atoms with Crippen LogP contribution in [-0.2, 0) is 10.0 Å². The van der Waals surface area contributed by atoms with E-state index in [0.717, 1.165) is 6.07 Å². The van der Waals surface area contributed by atoms with Crippen molar-refractivity contribution in [3.63, 3.8) is 0 Å². The Morgan fingerprint density at radius 3 is 2.14 bits per heavy atom. The third-order valence-electron chi connectivity index (χ3n) is 2.89. The number of rotatable bonds is 3. The third kappa shape index (κ3) is 3.48. The summed E-state index contributed by atoms with van der Waals surface area (Å²) in [5.41, 5.74) is 1.51. The van der Waals surface area contributed by atoms with Gasteiger partial charge in [-0.05, 0) is 55.3 Å². The number of hydrogen-bond donors (Lipinski definition) is 1. The first-order valence-corrected chi connectivity index (χ1v) is 8.19. The van der Waals surface area contributed by atoms with Gasteiger partial charge < -0.3 is 0 Å². The highest BCUT2D eigenvalue weighted by Crippen LogP contribution is 2.26. The van der Waals surface area contributed by atoms with Gasteiger partial charge in [0.1, 0.15) is 5.82 Å². The lowest BCUT2D eigenvalue weighted by Gasteiger charge is -2.11. The van der Waals surface area contributed by atoms with Gasteiger partial charge in [-0.3, -0.25) is 4.72 Å². The molecule has 0 radical (unpaired) electrons. The van der Waals surface area contributed by atoms with Crippen LogP contribution in [0.1, 0.15) is 11.1 Å². The molecule has 0 spiro atoms. The molecular weight excluding hydrogens is 336 g/mol. The van der Waals surface area contributed by atoms with Gasteiger partial charge in [-0.1, -0.05) is 23.2 Å². The second-order valence-electron chi connectivity index (χ2n) is 4.61. The zero-order valence-electron chi connectivity index (χ0n) is 11.2. The van der Waals surface area contributed by atoms with Crippen molar-refractivity contribution < 1.29 is 12.8 Å².